The highest BCUT2D eigenvalue weighted by Gasteiger charge is 2.30. The molecule has 1 aromatic rings. The molecule has 2 fully saturated rings. The first-order chi connectivity index (χ1) is 10.2. The highest BCUT2D eigenvalue weighted by atomic mass is 16.1. The van der Waals surface area contributed by atoms with E-state index < -0.39 is 0 Å². The summed E-state index contributed by atoms with van der Waals surface area (Å²) in [7, 11) is 1.65. The van der Waals surface area contributed by atoms with Gasteiger partial charge in [0.15, 0.2) is 0 Å². The number of nitrogens with two attached hydrogens (primary N) is 1. The molecule has 114 valence electrons. The van der Waals surface area contributed by atoms with Gasteiger partial charge in [-0.25, -0.2) is 0 Å². The van der Waals surface area contributed by atoms with E-state index in [1.54, 1.807) is 13.1 Å². The summed E-state index contributed by atoms with van der Waals surface area (Å²) >= 11 is 0. The summed E-state index contributed by atoms with van der Waals surface area (Å²) in [4.78, 5) is 16.7. The van der Waals surface area contributed by atoms with Crippen LogP contribution in [0.4, 0.5) is 11.4 Å². The monoisotopic (exact) mass is 288 g/mol. The SMILES string of the molecule is CNC(=O)c1ccc(N)c(N2CCC(N3CCCC3)C2)c1. The Kier molecular flexibility index (Phi) is 4.01. The standard InChI is InChI=1S/C16H24N4O/c1-18-16(21)12-4-5-14(17)15(10-12)20-9-6-13(11-20)19-7-2-3-8-19/h4-5,10,13H,2-3,6-9,11,17H2,1H3,(H,18,21). The molecule has 3 N–H and O–H groups in total. The number of carbonyl (C=O) groups is 1. The second-order valence-corrected chi connectivity index (χ2v) is 5.98. The van der Waals surface area contributed by atoms with Crippen LogP contribution in [0.5, 0.6) is 0 Å². The van der Waals surface area contributed by atoms with Crippen molar-refractivity contribution in [3.8, 4) is 0 Å². The van der Waals surface area contributed by atoms with E-state index >= 15 is 0 Å². The minimum absolute atomic E-state index is 0.0634. The molecule has 5 heteroatoms. The van der Waals surface area contributed by atoms with E-state index in [2.05, 4.69) is 15.1 Å². The minimum atomic E-state index is -0.0634. The number of benzene rings is 1. The molecule has 0 radical (unpaired) electrons. The molecule has 2 aliphatic rings. The Balaban J connectivity index is 1.76. The molecule has 1 unspecified atom stereocenters. The maximum absolute atomic E-state index is 11.8. The lowest BCUT2D eigenvalue weighted by Gasteiger charge is -2.25. The van der Waals surface area contributed by atoms with E-state index in [9.17, 15) is 4.79 Å². The van der Waals surface area contributed by atoms with Gasteiger partial charge in [-0.15, -0.1) is 0 Å². The number of hydrogen-bond donors (Lipinski definition) is 2. The van der Waals surface area contributed by atoms with Crippen molar-refractivity contribution in [3.05, 3.63) is 23.8 Å². The quantitative estimate of drug-likeness (QED) is 0.823. The van der Waals surface area contributed by atoms with Crippen LogP contribution in [0.15, 0.2) is 18.2 Å². The third-order valence-electron chi connectivity index (χ3n) is 4.68. The fourth-order valence-corrected chi connectivity index (χ4v) is 3.47. The Morgan fingerprint density at radius 3 is 2.76 bits per heavy atom. The molecule has 1 atom stereocenters. The van der Waals surface area contributed by atoms with Crippen LogP contribution < -0.4 is 16.0 Å². The van der Waals surface area contributed by atoms with Gasteiger partial charge in [0.25, 0.3) is 5.91 Å². The van der Waals surface area contributed by atoms with Crippen molar-refractivity contribution >= 4 is 17.3 Å². The van der Waals surface area contributed by atoms with Crippen molar-refractivity contribution < 1.29 is 4.79 Å². The van der Waals surface area contributed by atoms with Gasteiger partial charge >= 0.3 is 0 Å². The molecule has 2 aliphatic heterocycles. The molecule has 2 heterocycles. The number of anilines is 2. The van der Waals surface area contributed by atoms with Crippen molar-refractivity contribution in [2.45, 2.75) is 25.3 Å². The molecule has 1 amide bonds. The smallest absolute Gasteiger partial charge is 0.251 e. The number of rotatable bonds is 3. The Labute approximate surface area is 126 Å². The zero-order valence-corrected chi connectivity index (χ0v) is 12.6. The highest BCUT2D eigenvalue weighted by Crippen LogP contribution is 2.30. The molecule has 0 aliphatic carbocycles. The normalized spacial score (nSPS) is 22.7. The van der Waals surface area contributed by atoms with Crippen molar-refractivity contribution in [1.82, 2.24) is 10.2 Å². The van der Waals surface area contributed by atoms with Crippen LogP contribution in [-0.2, 0) is 0 Å². The molecule has 0 aromatic heterocycles. The number of nitrogens with zero attached hydrogens (tertiary/aromatic N) is 2. The van der Waals surface area contributed by atoms with Gasteiger partial charge in [0.1, 0.15) is 0 Å². The van der Waals surface area contributed by atoms with E-state index in [0.717, 1.165) is 24.5 Å². The fraction of sp³-hybridized carbons (Fsp3) is 0.562. The number of hydrogen-bond acceptors (Lipinski definition) is 4. The first-order valence-electron chi connectivity index (χ1n) is 7.79. The first kappa shape index (κ1) is 14.2. The van der Waals surface area contributed by atoms with E-state index in [0.29, 0.717) is 11.6 Å². The fourth-order valence-electron chi connectivity index (χ4n) is 3.47. The van der Waals surface area contributed by atoms with Gasteiger partial charge < -0.3 is 16.0 Å². The largest absolute Gasteiger partial charge is 0.397 e. The number of nitrogen functional groups attached to an aromatic ring is 1. The van der Waals surface area contributed by atoms with Gasteiger partial charge in [-0.3, -0.25) is 9.69 Å². The van der Waals surface area contributed by atoms with Crippen LogP contribution in [0, 0.1) is 0 Å². The minimum Gasteiger partial charge on any atom is -0.397 e. The summed E-state index contributed by atoms with van der Waals surface area (Å²) < 4.78 is 0. The van der Waals surface area contributed by atoms with E-state index in [1.807, 2.05) is 12.1 Å². The van der Waals surface area contributed by atoms with Crippen LogP contribution in [0.25, 0.3) is 0 Å². The van der Waals surface area contributed by atoms with Crippen LogP contribution in [-0.4, -0.2) is 50.1 Å². The Bertz CT molecular complexity index is 525. The molecule has 3 rings (SSSR count). The number of likely N-dealkylation sites (tertiary alicyclic amines) is 1. The van der Waals surface area contributed by atoms with Gasteiger partial charge in [-0.2, -0.15) is 0 Å². The Hall–Kier alpha value is -1.75. The zero-order chi connectivity index (χ0) is 14.8. The van der Waals surface area contributed by atoms with Crippen LogP contribution in [0.3, 0.4) is 0 Å². The molecular formula is C16H24N4O. The van der Waals surface area contributed by atoms with Gasteiger partial charge in [0.05, 0.1) is 11.4 Å². The van der Waals surface area contributed by atoms with Crippen molar-refractivity contribution in [2.24, 2.45) is 0 Å². The summed E-state index contributed by atoms with van der Waals surface area (Å²) in [6.45, 7) is 4.49. The maximum Gasteiger partial charge on any atom is 0.251 e. The topological polar surface area (TPSA) is 61.6 Å². The lowest BCUT2D eigenvalue weighted by Crippen LogP contribution is -2.35. The summed E-state index contributed by atoms with van der Waals surface area (Å²) in [6.07, 6.45) is 3.83. The van der Waals surface area contributed by atoms with Crippen molar-refractivity contribution in [3.63, 3.8) is 0 Å². The summed E-state index contributed by atoms with van der Waals surface area (Å²) in [6, 6.07) is 6.17. The summed E-state index contributed by atoms with van der Waals surface area (Å²) in [5, 5.41) is 2.67. The third kappa shape index (κ3) is 2.83. The molecule has 0 bridgehead atoms. The molecule has 0 saturated carbocycles. The molecule has 5 nitrogen and oxygen atoms in total. The second kappa shape index (κ2) is 5.93. The average Bonchev–Trinajstić information content (AvgIpc) is 3.17. The Morgan fingerprint density at radius 2 is 2.05 bits per heavy atom. The molecule has 21 heavy (non-hydrogen) atoms. The first-order valence-corrected chi connectivity index (χ1v) is 7.79. The van der Waals surface area contributed by atoms with Crippen molar-refractivity contribution in [2.75, 3.05) is 43.9 Å². The van der Waals surface area contributed by atoms with E-state index in [1.165, 1.54) is 32.4 Å². The van der Waals surface area contributed by atoms with Crippen LogP contribution in [0.1, 0.15) is 29.6 Å². The lowest BCUT2D eigenvalue weighted by atomic mass is 10.1. The molecular weight excluding hydrogens is 264 g/mol. The lowest BCUT2D eigenvalue weighted by molar-refractivity contribution is 0.0963. The number of carbonyl (C=O) groups excluding carboxylic acids is 1. The van der Waals surface area contributed by atoms with E-state index in [-0.39, 0.29) is 5.91 Å². The third-order valence-corrected chi connectivity index (χ3v) is 4.68. The van der Waals surface area contributed by atoms with Gasteiger partial charge in [-0.05, 0) is 50.6 Å². The number of nitrogens with one attached hydrogen (secondary N) is 1. The second-order valence-electron chi connectivity index (χ2n) is 5.98. The average molecular weight is 288 g/mol. The van der Waals surface area contributed by atoms with Crippen LogP contribution >= 0.6 is 0 Å². The molecule has 0 spiro atoms. The maximum atomic E-state index is 11.8. The predicted octanol–water partition coefficient (Wildman–Crippen LogP) is 1.30. The highest BCUT2D eigenvalue weighted by molar-refractivity contribution is 5.96. The summed E-state index contributed by atoms with van der Waals surface area (Å²) in [5.41, 5.74) is 8.55. The zero-order valence-electron chi connectivity index (χ0n) is 12.6. The van der Waals surface area contributed by atoms with Gasteiger partial charge in [-0.1, -0.05) is 0 Å². The van der Waals surface area contributed by atoms with Gasteiger partial charge in [0.2, 0.25) is 0 Å². The number of amides is 1. The molecule has 2 saturated heterocycles. The molecule has 1 aromatic carbocycles. The van der Waals surface area contributed by atoms with Gasteiger partial charge in [0, 0.05) is 31.7 Å². The summed E-state index contributed by atoms with van der Waals surface area (Å²) in [5.74, 6) is -0.0634. The van der Waals surface area contributed by atoms with E-state index in [4.69, 9.17) is 5.73 Å². The predicted molar refractivity (Wildman–Crippen MR) is 85.7 cm³/mol. The van der Waals surface area contributed by atoms with Crippen molar-refractivity contribution in [1.29, 1.82) is 0 Å². The Morgan fingerprint density at radius 1 is 1.29 bits per heavy atom. The van der Waals surface area contributed by atoms with Crippen LogP contribution in [0.2, 0.25) is 0 Å².